The highest BCUT2D eigenvalue weighted by atomic mass is 16.5. The zero-order valence-corrected chi connectivity index (χ0v) is 9.08. The zero-order chi connectivity index (χ0) is 11.7. The van der Waals surface area contributed by atoms with Gasteiger partial charge in [0.05, 0.1) is 12.8 Å². The van der Waals surface area contributed by atoms with Crippen molar-refractivity contribution in [3.63, 3.8) is 0 Å². The minimum absolute atomic E-state index is 0.343. The van der Waals surface area contributed by atoms with Crippen LogP contribution in [0.25, 0.3) is 22.3 Å². The number of aromatic amines is 1. The van der Waals surface area contributed by atoms with Crippen LogP contribution in [0.4, 0.5) is 0 Å². The lowest BCUT2D eigenvalue weighted by molar-refractivity contribution is 0.380. The lowest BCUT2D eigenvalue weighted by Crippen LogP contribution is -1.91. The van der Waals surface area contributed by atoms with Gasteiger partial charge >= 0.3 is 6.01 Å². The lowest BCUT2D eigenvalue weighted by Gasteiger charge is -1.99. The third-order valence-corrected chi connectivity index (χ3v) is 2.43. The van der Waals surface area contributed by atoms with Gasteiger partial charge in [0.15, 0.2) is 5.65 Å². The summed E-state index contributed by atoms with van der Waals surface area (Å²) < 4.78 is 4.91. The molecule has 0 bridgehead atoms. The van der Waals surface area contributed by atoms with Crippen LogP contribution in [-0.2, 0) is 0 Å². The Labute approximate surface area is 96.7 Å². The van der Waals surface area contributed by atoms with Gasteiger partial charge in [-0.15, -0.1) is 0 Å². The molecule has 0 aliphatic carbocycles. The van der Waals surface area contributed by atoms with E-state index >= 15 is 0 Å². The summed E-state index contributed by atoms with van der Waals surface area (Å²) in [6, 6.07) is 4.16. The van der Waals surface area contributed by atoms with Gasteiger partial charge in [-0.25, -0.2) is 15.0 Å². The van der Waals surface area contributed by atoms with Crippen LogP contribution in [0.2, 0.25) is 0 Å². The summed E-state index contributed by atoms with van der Waals surface area (Å²) in [5, 5.41) is 7.99. The Kier molecular flexibility index (Phi) is 2.18. The van der Waals surface area contributed by atoms with Gasteiger partial charge in [-0.3, -0.25) is 5.10 Å². The molecule has 17 heavy (non-hydrogen) atoms. The number of H-pyrrole nitrogens is 1. The molecule has 6 heteroatoms. The van der Waals surface area contributed by atoms with Gasteiger partial charge in [0.1, 0.15) is 0 Å². The second-order valence-corrected chi connectivity index (χ2v) is 3.43. The third kappa shape index (κ3) is 1.59. The van der Waals surface area contributed by atoms with Gasteiger partial charge in [0.25, 0.3) is 0 Å². The Hall–Kier alpha value is -2.50. The summed E-state index contributed by atoms with van der Waals surface area (Å²) in [5.74, 6) is 0. The van der Waals surface area contributed by atoms with Gasteiger partial charge in [-0.2, -0.15) is 5.10 Å². The first-order valence-corrected chi connectivity index (χ1v) is 5.04. The van der Waals surface area contributed by atoms with Crippen LogP contribution in [0.1, 0.15) is 0 Å². The van der Waals surface area contributed by atoms with Crippen LogP contribution in [0, 0.1) is 0 Å². The average Bonchev–Trinajstić information content (AvgIpc) is 2.83. The highest BCUT2D eigenvalue weighted by molar-refractivity contribution is 5.90. The molecule has 3 aromatic rings. The molecule has 0 spiro atoms. The Morgan fingerprint density at radius 2 is 2.00 bits per heavy atom. The molecule has 0 saturated carbocycles. The number of methoxy groups -OCH3 is 1. The van der Waals surface area contributed by atoms with Crippen molar-refractivity contribution in [3.05, 3.63) is 30.7 Å². The summed E-state index contributed by atoms with van der Waals surface area (Å²) >= 11 is 0. The molecule has 0 aromatic carbocycles. The van der Waals surface area contributed by atoms with E-state index in [0.717, 1.165) is 16.6 Å². The molecule has 3 heterocycles. The molecule has 0 unspecified atom stereocenters. The van der Waals surface area contributed by atoms with Crippen LogP contribution < -0.4 is 4.74 Å². The van der Waals surface area contributed by atoms with Crippen LogP contribution in [0.5, 0.6) is 6.01 Å². The topological polar surface area (TPSA) is 76.6 Å². The van der Waals surface area contributed by atoms with Crippen LogP contribution >= 0.6 is 0 Å². The maximum Gasteiger partial charge on any atom is 0.316 e. The van der Waals surface area contributed by atoms with E-state index < -0.39 is 0 Å². The van der Waals surface area contributed by atoms with E-state index in [1.165, 1.54) is 7.11 Å². The molecule has 0 radical (unpaired) electrons. The molecule has 0 aliphatic heterocycles. The number of hydrogen-bond donors (Lipinski definition) is 1. The standard InChI is InChI=1S/C11H9N5O/c1-17-11-13-5-7(6-14-11)9-8-3-2-4-12-10(8)16-15-9/h2-6H,1H3,(H,12,15,16). The quantitative estimate of drug-likeness (QED) is 0.716. The van der Waals surface area contributed by atoms with Crippen molar-refractivity contribution >= 4 is 11.0 Å². The van der Waals surface area contributed by atoms with Crippen LogP contribution in [0.15, 0.2) is 30.7 Å². The highest BCUT2D eigenvalue weighted by Gasteiger charge is 2.08. The predicted octanol–water partition coefficient (Wildman–Crippen LogP) is 1.42. The van der Waals surface area contributed by atoms with Crippen molar-refractivity contribution < 1.29 is 4.74 Å². The number of rotatable bonds is 2. The molecule has 6 nitrogen and oxygen atoms in total. The predicted molar refractivity (Wildman–Crippen MR) is 61.5 cm³/mol. The van der Waals surface area contributed by atoms with Crippen LogP contribution in [0.3, 0.4) is 0 Å². The molecule has 3 aromatic heterocycles. The molecule has 84 valence electrons. The molecular formula is C11H9N5O. The maximum atomic E-state index is 4.91. The summed E-state index contributed by atoms with van der Waals surface area (Å²) in [5.41, 5.74) is 2.38. The van der Waals surface area contributed by atoms with Gasteiger partial charge in [-0.1, -0.05) is 0 Å². The Bertz CT molecular complexity index is 646. The first-order valence-electron chi connectivity index (χ1n) is 5.04. The minimum atomic E-state index is 0.343. The highest BCUT2D eigenvalue weighted by Crippen LogP contribution is 2.23. The monoisotopic (exact) mass is 227 g/mol. The number of aromatic nitrogens is 5. The molecule has 0 atom stereocenters. The van der Waals surface area contributed by atoms with Gasteiger partial charge in [0.2, 0.25) is 0 Å². The number of nitrogens with one attached hydrogen (secondary N) is 1. The number of nitrogens with zero attached hydrogens (tertiary/aromatic N) is 4. The van der Waals surface area contributed by atoms with Crippen molar-refractivity contribution in [1.82, 2.24) is 25.1 Å². The second-order valence-electron chi connectivity index (χ2n) is 3.43. The fourth-order valence-corrected chi connectivity index (χ4v) is 1.62. The largest absolute Gasteiger partial charge is 0.467 e. The summed E-state index contributed by atoms with van der Waals surface area (Å²) in [4.78, 5) is 12.3. The summed E-state index contributed by atoms with van der Waals surface area (Å²) in [6.45, 7) is 0. The van der Waals surface area contributed by atoms with E-state index in [1.54, 1.807) is 18.6 Å². The molecule has 0 amide bonds. The van der Waals surface area contributed by atoms with Gasteiger partial charge in [0, 0.05) is 29.5 Å². The van der Waals surface area contributed by atoms with Crippen molar-refractivity contribution in [2.24, 2.45) is 0 Å². The van der Waals surface area contributed by atoms with Crippen molar-refractivity contribution in [3.8, 4) is 17.3 Å². The molecule has 0 fully saturated rings. The normalized spacial score (nSPS) is 10.6. The SMILES string of the molecule is COc1ncc(-c2[nH]nc3ncccc23)cn1. The Morgan fingerprint density at radius 3 is 2.76 bits per heavy atom. The maximum absolute atomic E-state index is 4.91. The first kappa shape index (κ1) is 9.71. The van der Waals surface area contributed by atoms with E-state index in [4.69, 9.17) is 4.74 Å². The van der Waals surface area contributed by atoms with Gasteiger partial charge < -0.3 is 4.74 Å². The third-order valence-electron chi connectivity index (χ3n) is 2.43. The number of fused-ring (bicyclic) bond motifs is 1. The Morgan fingerprint density at radius 1 is 1.18 bits per heavy atom. The second kappa shape index (κ2) is 3.82. The number of ether oxygens (including phenoxy) is 1. The summed E-state index contributed by atoms with van der Waals surface area (Å²) in [6.07, 6.45) is 5.08. The zero-order valence-electron chi connectivity index (χ0n) is 9.08. The number of hydrogen-bond acceptors (Lipinski definition) is 5. The van der Waals surface area contributed by atoms with Crippen molar-refractivity contribution in [2.75, 3.05) is 7.11 Å². The van der Waals surface area contributed by atoms with E-state index in [0.29, 0.717) is 11.7 Å². The van der Waals surface area contributed by atoms with E-state index in [-0.39, 0.29) is 0 Å². The molecule has 3 rings (SSSR count). The molecular weight excluding hydrogens is 218 g/mol. The first-order chi connectivity index (χ1) is 8.38. The average molecular weight is 227 g/mol. The fraction of sp³-hybridized carbons (Fsp3) is 0.0909. The van der Waals surface area contributed by atoms with E-state index in [1.807, 2.05) is 12.1 Å². The van der Waals surface area contributed by atoms with E-state index in [2.05, 4.69) is 25.1 Å². The molecule has 0 saturated heterocycles. The summed E-state index contributed by atoms with van der Waals surface area (Å²) in [7, 11) is 1.53. The van der Waals surface area contributed by atoms with Crippen molar-refractivity contribution in [1.29, 1.82) is 0 Å². The molecule has 1 N–H and O–H groups in total. The van der Waals surface area contributed by atoms with Crippen LogP contribution in [-0.4, -0.2) is 32.3 Å². The smallest absolute Gasteiger partial charge is 0.316 e. The fourth-order valence-electron chi connectivity index (χ4n) is 1.62. The van der Waals surface area contributed by atoms with E-state index in [9.17, 15) is 0 Å². The van der Waals surface area contributed by atoms with Crippen molar-refractivity contribution in [2.45, 2.75) is 0 Å². The molecule has 0 aliphatic rings. The minimum Gasteiger partial charge on any atom is -0.467 e. The van der Waals surface area contributed by atoms with Gasteiger partial charge in [-0.05, 0) is 12.1 Å². The lowest BCUT2D eigenvalue weighted by atomic mass is 10.2. The number of pyridine rings is 1. The Balaban J connectivity index is 2.13.